The first kappa shape index (κ1) is 20.6. The molecule has 5 atom stereocenters. The van der Waals surface area contributed by atoms with Crippen LogP contribution in [-0.4, -0.2) is 63.6 Å². The normalized spacial score (nSPS) is 36.5. The van der Waals surface area contributed by atoms with Crippen LogP contribution in [0.2, 0.25) is 0 Å². The highest BCUT2D eigenvalue weighted by Gasteiger charge is 2.74. The molecular weight excluding hydrogens is 438 g/mol. The maximum Gasteiger partial charge on any atom is 0.228 e. The summed E-state index contributed by atoms with van der Waals surface area (Å²) in [5, 5.41) is 10.9. The number of hydrogen-bond acceptors (Lipinski definition) is 5. The number of fused-ring (bicyclic) bond motifs is 3. The van der Waals surface area contributed by atoms with E-state index in [-0.39, 0.29) is 34.6 Å². The third kappa shape index (κ3) is 2.59. The van der Waals surface area contributed by atoms with E-state index < -0.39 is 0 Å². The Kier molecular flexibility index (Phi) is 4.11. The average Bonchev–Trinajstić information content (AvgIpc) is 3.65. The minimum atomic E-state index is -0.0949. The highest BCUT2D eigenvalue weighted by atomic mass is 16.5. The molecule has 5 fully saturated rings. The fraction of sp³-hybridized carbons (Fsp3) is 0.586. The average molecular weight is 472 g/mol. The molecule has 3 aliphatic carbocycles. The molecular formula is C29H33N3O3. The maximum atomic E-state index is 13.7. The third-order valence-corrected chi connectivity index (χ3v) is 10.6. The highest BCUT2D eigenvalue weighted by Crippen LogP contribution is 2.71. The van der Waals surface area contributed by atoms with Crippen molar-refractivity contribution < 1.29 is 14.6 Å². The van der Waals surface area contributed by atoms with Crippen molar-refractivity contribution in [3.8, 4) is 11.5 Å². The Morgan fingerprint density at radius 3 is 2.86 bits per heavy atom. The molecule has 6 nitrogen and oxygen atoms in total. The van der Waals surface area contributed by atoms with Gasteiger partial charge >= 0.3 is 0 Å². The zero-order valence-electron chi connectivity index (χ0n) is 20.2. The van der Waals surface area contributed by atoms with Gasteiger partial charge in [0.2, 0.25) is 5.91 Å². The standard InChI is InChI=1S/C29H33N3O3/c33-22-7-6-19-15-23-28-9-8-21(32(14-10-28)24(34)16-20-3-1-2-12-30-20)27-29(28,25(19)26(22)35-27)11-13-31(23)17-18-4-5-18/h1-3,6-7,12,18,21,23,27,33H,4-5,8-11,13-17H2/t21-,23-,27+,28-,29+/m1/s1. The predicted molar refractivity (Wildman–Crippen MR) is 130 cm³/mol. The topological polar surface area (TPSA) is 65.9 Å². The van der Waals surface area contributed by atoms with E-state index in [0.29, 0.717) is 12.5 Å². The van der Waals surface area contributed by atoms with Gasteiger partial charge in [0.1, 0.15) is 6.10 Å². The number of aromatic nitrogens is 1. The van der Waals surface area contributed by atoms with Gasteiger partial charge in [-0.15, -0.1) is 0 Å². The van der Waals surface area contributed by atoms with E-state index in [4.69, 9.17) is 4.74 Å². The summed E-state index contributed by atoms with van der Waals surface area (Å²) in [7, 11) is 0. The van der Waals surface area contributed by atoms with Crippen LogP contribution >= 0.6 is 0 Å². The Bertz CT molecular complexity index is 1210. The molecule has 182 valence electrons. The van der Waals surface area contributed by atoms with Crippen LogP contribution in [0.1, 0.15) is 55.3 Å². The molecule has 0 radical (unpaired) electrons. The summed E-state index contributed by atoms with van der Waals surface area (Å²) < 4.78 is 6.80. The lowest BCUT2D eigenvalue weighted by atomic mass is 9.42. The second-order valence-electron chi connectivity index (χ2n) is 12.0. The number of pyridine rings is 1. The number of aromatic hydroxyl groups is 1. The number of amides is 1. The van der Waals surface area contributed by atoms with Gasteiger partial charge in [-0.05, 0) is 81.2 Å². The summed E-state index contributed by atoms with van der Waals surface area (Å²) in [5.74, 6) is 2.02. The molecule has 1 amide bonds. The molecule has 2 saturated carbocycles. The summed E-state index contributed by atoms with van der Waals surface area (Å²) in [6.07, 6.45) is 10.1. The molecule has 9 rings (SSSR count). The van der Waals surface area contributed by atoms with Gasteiger partial charge in [-0.2, -0.15) is 0 Å². The van der Waals surface area contributed by atoms with Gasteiger partial charge < -0.3 is 14.7 Å². The second-order valence-corrected chi connectivity index (χ2v) is 12.0. The first-order chi connectivity index (χ1) is 17.1. The number of piperidine rings is 1. The van der Waals surface area contributed by atoms with Crippen molar-refractivity contribution >= 4 is 5.91 Å². The van der Waals surface area contributed by atoms with Gasteiger partial charge in [0.05, 0.1) is 12.5 Å². The van der Waals surface area contributed by atoms with Crippen LogP contribution < -0.4 is 4.74 Å². The van der Waals surface area contributed by atoms with E-state index in [2.05, 4.69) is 20.9 Å². The smallest absolute Gasteiger partial charge is 0.228 e. The van der Waals surface area contributed by atoms with Crippen molar-refractivity contribution in [2.45, 2.75) is 75.0 Å². The SMILES string of the molecule is O=C(Cc1ccccn1)N1CC[C@@]23CC[C@@H]1[C@@H]1Oc4c(O)ccc5c4[C@@]12CCN(CC1CC1)[C@@H]3C5. The number of likely N-dealkylation sites (tertiary alicyclic amines) is 1. The Labute approximate surface area is 206 Å². The Morgan fingerprint density at radius 2 is 2.03 bits per heavy atom. The molecule has 2 spiro atoms. The van der Waals surface area contributed by atoms with E-state index in [1.54, 1.807) is 6.20 Å². The van der Waals surface area contributed by atoms with Crippen molar-refractivity contribution in [1.82, 2.24) is 14.8 Å². The molecule has 5 heterocycles. The van der Waals surface area contributed by atoms with E-state index in [1.165, 1.54) is 30.5 Å². The molecule has 4 bridgehead atoms. The van der Waals surface area contributed by atoms with Crippen LogP contribution in [0, 0.1) is 11.3 Å². The van der Waals surface area contributed by atoms with Crippen LogP contribution in [0.3, 0.4) is 0 Å². The Morgan fingerprint density at radius 1 is 1.11 bits per heavy atom. The quantitative estimate of drug-likeness (QED) is 0.740. The van der Waals surface area contributed by atoms with E-state index >= 15 is 0 Å². The minimum Gasteiger partial charge on any atom is -0.504 e. The van der Waals surface area contributed by atoms with Gasteiger partial charge in [0.25, 0.3) is 0 Å². The van der Waals surface area contributed by atoms with Crippen LogP contribution in [0.5, 0.6) is 11.5 Å². The van der Waals surface area contributed by atoms with E-state index in [1.807, 2.05) is 24.3 Å². The summed E-state index contributed by atoms with van der Waals surface area (Å²) >= 11 is 0. The highest BCUT2D eigenvalue weighted by molar-refractivity contribution is 5.79. The van der Waals surface area contributed by atoms with Crippen LogP contribution in [0.25, 0.3) is 0 Å². The first-order valence-electron chi connectivity index (χ1n) is 13.6. The number of phenolic OH excluding ortho intramolecular Hbond substituents is 1. The van der Waals surface area contributed by atoms with Crippen molar-refractivity contribution in [3.63, 3.8) is 0 Å². The summed E-state index contributed by atoms with van der Waals surface area (Å²) in [5.41, 5.74) is 3.51. The number of nitrogens with zero attached hydrogens (tertiary/aromatic N) is 3. The molecule has 1 N–H and O–H groups in total. The van der Waals surface area contributed by atoms with Crippen molar-refractivity contribution in [2.75, 3.05) is 19.6 Å². The Balaban J connectivity index is 1.25. The molecule has 4 aliphatic heterocycles. The van der Waals surface area contributed by atoms with Crippen LogP contribution in [0.4, 0.5) is 0 Å². The van der Waals surface area contributed by atoms with Gasteiger partial charge in [-0.25, -0.2) is 0 Å². The molecule has 3 saturated heterocycles. The zero-order valence-corrected chi connectivity index (χ0v) is 20.2. The van der Waals surface area contributed by atoms with Crippen molar-refractivity contribution in [3.05, 3.63) is 53.3 Å². The van der Waals surface area contributed by atoms with Crippen LogP contribution in [0.15, 0.2) is 36.5 Å². The van der Waals surface area contributed by atoms with Crippen molar-refractivity contribution in [2.24, 2.45) is 11.3 Å². The van der Waals surface area contributed by atoms with Crippen molar-refractivity contribution in [1.29, 1.82) is 0 Å². The number of ether oxygens (including phenoxy) is 1. The third-order valence-electron chi connectivity index (χ3n) is 10.6. The lowest BCUT2D eigenvalue weighted by molar-refractivity contribution is -0.143. The lowest BCUT2D eigenvalue weighted by Gasteiger charge is -2.66. The van der Waals surface area contributed by atoms with E-state index in [9.17, 15) is 9.90 Å². The second kappa shape index (κ2) is 7.00. The zero-order chi connectivity index (χ0) is 23.4. The Hall–Kier alpha value is -2.60. The number of hydrogen-bond donors (Lipinski definition) is 1. The molecule has 1 aromatic carbocycles. The monoisotopic (exact) mass is 471 g/mol. The predicted octanol–water partition coefficient (Wildman–Crippen LogP) is 3.45. The maximum absolute atomic E-state index is 13.7. The number of benzene rings is 1. The fourth-order valence-corrected chi connectivity index (χ4v) is 9.06. The van der Waals surface area contributed by atoms with E-state index in [0.717, 1.165) is 62.6 Å². The number of rotatable bonds is 4. The minimum absolute atomic E-state index is 0.0511. The summed E-state index contributed by atoms with van der Waals surface area (Å²) in [6.45, 7) is 3.13. The van der Waals surface area contributed by atoms with Crippen LogP contribution in [-0.2, 0) is 23.1 Å². The number of carbonyl (C=O) groups is 1. The molecule has 35 heavy (non-hydrogen) atoms. The number of carbonyl (C=O) groups excluding carboxylic acids is 1. The first-order valence-corrected chi connectivity index (χ1v) is 13.6. The van der Waals surface area contributed by atoms with Gasteiger partial charge in [-0.1, -0.05) is 12.1 Å². The van der Waals surface area contributed by atoms with Gasteiger partial charge in [0.15, 0.2) is 11.5 Å². The summed E-state index contributed by atoms with van der Waals surface area (Å²) in [6, 6.07) is 10.3. The molecule has 6 heteroatoms. The molecule has 0 unspecified atom stereocenters. The molecule has 7 aliphatic rings. The number of phenols is 1. The largest absolute Gasteiger partial charge is 0.504 e. The summed E-state index contributed by atoms with van der Waals surface area (Å²) in [4.78, 5) is 23.1. The fourth-order valence-electron chi connectivity index (χ4n) is 9.06. The molecule has 2 aromatic rings. The van der Waals surface area contributed by atoms with Gasteiger partial charge in [0, 0.05) is 47.4 Å². The molecule has 1 aromatic heterocycles. The van der Waals surface area contributed by atoms with Gasteiger partial charge in [-0.3, -0.25) is 14.7 Å². The lowest BCUT2D eigenvalue weighted by Crippen LogP contribution is -2.72.